The highest BCUT2D eigenvalue weighted by molar-refractivity contribution is 5.87. The third kappa shape index (κ3) is 4.34. The van der Waals surface area contributed by atoms with Crippen molar-refractivity contribution < 1.29 is 24.0 Å². The van der Waals surface area contributed by atoms with Gasteiger partial charge in [0.2, 0.25) is 17.7 Å². The molecular formula is C19H28N4O5. The van der Waals surface area contributed by atoms with Crippen LogP contribution >= 0.6 is 0 Å². The maximum absolute atomic E-state index is 12.2. The molecule has 2 amide bonds. The van der Waals surface area contributed by atoms with Gasteiger partial charge in [0, 0.05) is 19.8 Å². The predicted molar refractivity (Wildman–Crippen MR) is 98.2 cm³/mol. The molecule has 0 atom stereocenters. The number of carboxylic acid groups (broad SMARTS) is 1. The van der Waals surface area contributed by atoms with Gasteiger partial charge in [0.1, 0.15) is 11.1 Å². The van der Waals surface area contributed by atoms with Crippen LogP contribution in [0, 0.1) is 0 Å². The average molecular weight is 392 g/mol. The Kier molecular flexibility index (Phi) is 6.00. The van der Waals surface area contributed by atoms with Crippen LogP contribution in [0.5, 0.6) is 0 Å². The number of hydrogen-bond acceptors (Lipinski definition) is 6. The molecular weight excluding hydrogens is 364 g/mol. The third-order valence-corrected chi connectivity index (χ3v) is 5.83. The maximum atomic E-state index is 12.2. The van der Waals surface area contributed by atoms with E-state index in [4.69, 9.17) is 4.52 Å². The van der Waals surface area contributed by atoms with E-state index in [1.165, 1.54) is 6.92 Å². The molecule has 9 heteroatoms. The molecule has 1 heterocycles. The van der Waals surface area contributed by atoms with E-state index < -0.39 is 17.0 Å². The van der Waals surface area contributed by atoms with Crippen molar-refractivity contribution in [2.24, 2.45) is 0 Å². The number of aliphatic carboxylic acids is 1. The zero-order valence-corrected chi connectivity index (χ0v) is 16.3. The lowest BCUT2D eigenvalue weighted by Crippen LogP contribution is -2.59. The minimum absolute atomic E-state index is 0.0732. The summed E-state index contributed by atoms with van der Waals surface area (Å²) in [4.78, 5) is 39.7. The average Bonchev–Trinajstić information content (AvgIpc) is 2.96. The predicted octanol–water partition coefficient (Wildman–Crippen LogP) is 1.81. The highest BCUT2D eigenvalue weighted by atomic mass is 16.5. The first-order chi connectivity index (χ1) is 13.4. The maximum Gasteiger partial charge on any atom is 0.329 e. The number of carboxylic acids is 1. The van der Waals surface area contributed by atoms with Gasteiger partial charge in [-0.3, -0.25) is 9.59 Å². The van der Waals surface area contributed by atoms with E-state index in [0.29, 0.717) is 24.6 Å². The van der Waals surface area contributed by atoms with Gasteiger partial charge in [0.05, 0.1) is 0 Å². The third-order valence-electron chi connectivity index (χ3n) is 5.83. The Morgan fingerprint density at radius 1 is 1.04 bits per heavy atom. The van der Waals surface area contributed by atoms with Crippen LogP contribution in [0.4, 0.5) is 0 Å². The Morgan fingerprint density at radius 2 is 1.71 bits per heavy atom. The van der Waals surface area contributed by atoms with Crippen LogP contribution in [-0.2, 0) is 26.3 Å². The van der Waals surface area contributed by atoms with E-state index in [0.717, 1.165) is 44.9 Å². The smallest absolute Gasteiger partial charge is 0.329 e. The molecule has 154 valence electrons. The zero-order chi connectivity index (χ0) is 20.2. The Labute approximate surface area is 163 Å². The van der Waals surface area contributed by atoms with Crippen LogP contribution in [0.1, 0.15) is 82.8 Å². The normalized spacial score (nSPS) is 20.5. The molecule has 3 N–H and O–H groups in total. The number of carbonyl (C=O) groups is 3. The summed E-state index contributed by atoms with van der Waals surface area (Å²) in [5.74, 6) is -0.684. The quantitative estimate of drug-likeness (QED) is 0.602. The molecule has 0 unspecified atom stereocenters. The largest absolute Gasteiger partial charge is 0.480 e. The monoisotopic (exact) mass is 392 g/mol. The molecule has 0 radical (unpaired) electrons. The number of rotatable bonds is 7. The fourth-order valence-electron chi connectivity index (χ4n) is 4.10. The lowest BCUT2D eigenvalue weighted by molar-refractivity contribution is -0.151. The summed E-state index contributed by atoms with van der Waals surface area (Å²) < 4.78 is 5.32. The highest BCUT2D eigenvalue weighted by Crippen LogP contribution is 2.35. The topological polar surface area (TPSA) is 134 Å². The molecule has 2 aliphatic carbocycles. The number of nitrogens with zero attached hydrogens (tertiary/aromatic N) is 2. The van der Waals surface area contributed by atoms with E-state index >= 15 is 0 Å². The second-order valence-electron chi connectivity index (χ2n) is 7.98. The standard InChI is InChI=1S/C19H28N4O5/c1-13(24)21-18(9-4-2-3-5-10-18)16-20-15(28-23-16)8-7-14(25)22-19(17(26)27)11-6-12-19/h2-12H2,1H3,(H,21,24)(H,22,25)(H,26,27). The molecule has 0 spiro atoms. The first-order valence-corrected chi connectivity index (χ1v) is 10.0. The molecule has 0 aliphatic heterocycles. The summed E-state index contributed by atoms with van der Waals surface area (Å²) >= 11 is 0. The highest BCUT2D eigenvalue weighted by Gasteiger charge is 2.45. The summed E-state index contributed by atoms with van der Waals surface area (Å²) in [7, 11) is 0. The number of amides is 2. The van der Waals surface area contributed by atoms with Gasteiger partial charge in [-0.1, -0.05) is 30.8 Å². The van der Waals surface area contributed by atoms with E-state index in [9.17, 15) is 19.5 Å². The Hall–Kier alpha value is -2.45. The molecule has 0 saturated heterocycles. The molecule has 1 aromatic heterocycles. The van der Waals surface area contributed by atoms with Gasteiger partial charge >= 0.3 is 5.97 Å². The fraction of sp³-hybridized carbons (Fsp3) is 0.737. The van der Waals surface area contributed by atoms with Gasteiger partial charge in [-0.05, 0) is 32.1 Å². The van der Waals surface area contributed by atoms with E-state index in [2.05, 4.69) is 20.8 Å². The fourth-order valence-corrected chi connectivity index (χ4v) is 4.10. The van der Waals surface area contributed by atoms with E-state index in [1.54, 1.807) is 0 Å². The van der Waals surface area contributed by atoms with Gasteiger partial charge in [-0.2, -0.15) is 4.98 Å². The van der Waals surface area contributed by atoms with Crippen molar-refractivity contribution in [1.29, 1.82) is 0 Å². The minimum Gasteiger partial charge on any atom is -0.480 e. The van der Waals surface area contributed by atoms with Crippen LogP contribution in [0.15, 0.2) is 4.52 Å². The molecule has 2 saturated carbocycles. The molecule has 2 aliphatic rings. The summed E-state index contributed by atoms with van der Waals surface area (Å²) in [6.07, 6.45) is 7.69. The zero-order valence-electron chi connectivity index (χ0n) is 16.3. The van der Waals surface area contributed by atoms with Crippen molar-refractivity contribution in [3.8, 4) is 0 Å². The minimum atomic E-state index is -1.12. The lowest BCUT2D eigenvalue weighted by Gasteiger charge is -2.38. The SMILES string of the molecule is CC(=O)NC1(c2noc(CCC(=O)NC3(C(=O)O)CCC3)n2)CCCCCC1. The van der Waals surface area contributed by atoms with Gasteiger partial charge in [-0.15, -0.1) is 0 Å². The second kappa shape index (κ2) is 8.28. The molecule has 9 nitrogen and oxygen atoms in total. The number of hydrogen-bond donors (Lipinski definition) is 3. The first kappa shape index (κ1) is 20.3. The summed E-state index contributed by atoms with van der Waals surface area (Å²) in [6, 6.07) is 0. The molecule has 2 fully saturated rings. The van der Waals surface area contributed by atoms with Gasteiger partial charge in [0.15, 0.2) is 5.82 Å². The first-order valence-electron chi connectivity index (χ1n) is 10.0. The molecule has 0 aromatic carbocycles. The number of nitrogens with one attached hydrogen (secondary N) is 2. The summed E-state index contributed by atoms with van der Waals surface area (Å²) in [5, 5.41) is 19.0. The van der Waals surface area contributed by atoms with Crippen LogP contribution in [0.25, 0.3) is 0 Å². The molecule has 1 aromatic rings. The van der Waals surface area contributed by atoms with Crippen molar-refractivity contribution in [2.45, 2.75) is 88.6 Å². The van der Waals surface area contributed by atoms with Crippen molar-refractivity contribution in [2.75, 3.05) is 0 Å². The number of aromatic nitrogens is 2. The van der Waals surface area contributed by atoms with Crippen LogP contribution in [0.3, 0.4) is 0 Å². The number of carbonyl (C=O) groups excluding carboxylic acids is 2. The van der Waals surface area contributed by atoms with Crippen molar-refractivity contribution in [1.82, 2.24) is 20.8 Å². The molecule has 0 bridgehead atoms. The Morgan fingerprint density at radius 3 is 2.25 bits per heavy atom. The number of aryl methyl sites for hydroxylation is 1. The van der Waals surface area contributed by atoms with Crippen LogP contribution in [0.2, 0.25) is 0 Å². The van der Waals surface area contributed by atoms with E-state index in [-0.39, 0.29) is 24.7 Å². The molecule has 28 heavy (non-hydrogen) atoms. The van der Waals surface area contributed by atoms with Crippen molar-refractivity contribution in [3.05, 3.63) is 11.7 Å². The van der Waals surface area contributed by atoms with Crippen LogP contribution in [-0.4, -0.2) is 38.6 Å². The Balaban J connectivity index is 1.63. The lowest BCUT2D eigenvalue weighted by atomic mass is 9.76. The summed E-state index contributed by atoms with van der Waals surface area (Å²) in [6.45, 7) is 1.48. The van der Waals surface area contributed by atoms with Gasteiger partial charge < -0.3 is 20.3 Å². The van der Waals surface area contributed by atoms with E-state index in [1.807, 2.05) is 0 Å². The van der Waals surface area contributed by atoms with Gasteiger partial charge in [0.25, 0.3) is 0 Å². The summed E-state index contributed by atoms with van der Waals surface area (Å²) in [5.41, 5.74) is -1.74. The van der Waals surface area contributed by atoms with Crippen LogP contribution < -0.4 is 10.6 Å². The van der Waals surface area contributed by atoms with Crippen molar-refractivity contribution in [3.63, 3.8) is 0 Å². The van der Waals surface area contributed by atoms with Gasteiger partial charge in [-0.25, -0.2) is 4.79 Å². The van der Waals surface area contributed by atoms with Crippen molar-refractivity contribution >= 4 is 17.8 Å². The Bertz CT molecular complexity index is 732. The molecule has 3 rings (SSSR count). The second-order valence-corrected chi connectivity index (χ2v) is 7.98.